The maximum Gasteiger partial charge on any atom is 0.407 e. The van der Waals surface area contributed by atoms with Crippen LogP contribution in [0.15, 0.2) is 30.3 Å². The van der Waals surface area contributed by atoms with Crippen LogP contribution >= 0.6 is 0 Å². The molecule has 0 aromatic heterocycles. The van der Waals surface area contributed by atoms with Gasteiger partial charge in [0.2, 0.25) is 11.8 Å². The zero-order valence-electron chi connectivity index (χ0n) is 36.6. The summed E-state index contributed by atoms with van der Waals surface area (Å²) >= 11 is 0. The van der Waals surface area contributed by atoms with Crippen LogP contribution in [-0.2, 0) is 59.1 Å². The zero-order valence-corrected chi connectivity index (χ0v) is 36.6. The second kappa shape index (κ2) is 25.6. The third kappa shape index (κ3) is 19.2. The number of ether oxygens (including phenoxy) is 5. The summed E-state index contributed by atoms with van der Waals surface area (Å²) in [5.41, 5.74) is -0.123. The molecule has 0 aliphatic heterocycles. The van der Waals surface area contributed by atoms with Gasteiger partial charge in [-0.25, -0.2) is 4.79 Å². The van der Waals surface area contributed by atoms with Crippen molar-refractivity contribution in [3.63, 3.8) is 0 Å². The van der Waals surface area contributed by atoms with Crippen LogP contribution in [0.4, 0.5) is 4.79 Å². The number of hydrogen-bond acceptors (Lipinski definition) is 12. The molecular weight excluding hydrogens is 750 g/mol. The molecule has 3 N–H and O–H groups in total. The van der Waals surface area contributed by atoms with E-state index in [0.29, 0.717) is 0 Å². The zero-order chi connectivity index (χ0) is 44.2. The van der Waals surface area contributed by atoms with E-state index in [2.05, 4.69) is 16.0 Å². The maximum absolute atomic E-state index is 14.6. The Morgan fingerprint density at radius 2 is 1.03 bits per heavy atom. The Hall–Kier alpha value is -4.69. The molecule has 0 heterocycles. The van der Waals surface area contributed by atoms with E-state index in [1.807, 2.05) is 19.9 Å². The van der Waals surface area contributed by atoms with Gasteiger partial charge in [-0.2, -0.15) is 0 Å². The molecule has 0 unspecified atom stereocenters. The number of carbonyl (C=O) groups excluding carboxylic acids is 7. The van der Waals surface area contributed by atoms with E-state index in [1.165, 1.54) is 0 Å². The molecule has 15 heteroatoms. The fraction of sp³-hybridized carbons (Fsp3) is 0.698. The Morgan fingerprint density at radius 1 is 0.586 bits per heavy atom. The van der Waals surface area contributed by atoms with E-state index >= 15 is 0 Å². The molecule has 0 saturated carbocycles. The van der Waals surface area contributed by atoms with Crippen molar-refractivity contribution in [2.45, 2.75) is 139 Å². The minimum absolute atomic E-state index is 0.0336. The van der Waals surface area contributed by atoms with Crippen molar-refractivity contribution in [1.29, 1.82) is 0 Å². The van der Waals surface area contributed by atoms with Crippen molar-refractivity contribution in [1.82, 2.24) is 16.0 Å². The predicted molar refractivity (Wildman–Crippen MR) is 217 cm³/mol. The number of esters is 4. The number of rotatable bonds is 24. The minimum Gasteiger partial charge on any atom is -0.466 e. The Morgan fingerprint density at radius 3 is 1.48 bits per heavy atom. The largest absolute Gasteiger partial charge is 0.466 e. The molecule has 0 spiro atoms. The van der Waals surface area contributed by atoms with Crippen LogP contribution in [0.25, 0.3) is 0 Å². The van der Waals surface area contributed by atoms with Crippen LogP contribution in [0.1, 0.15) is 114 Å². The molecule has 0 radical (unpaired) electrons. The fourth-order valence-corrected chi connectivity index (χ4v) is 6.49. The summed E-state index contributed by atoms with van der Waals surface area (Å²) in [4.78, 5) is 94.7. The Bertz CT molecular complexity index is 1470. The summed E-state index contributed by atoms with van der Waals surface area (Å²) in [5.74, 6) is -8.62. The van der Waals surface area contributed by atoms with Crippen molar-refractivity contribution in [3.05, 3.63) is 35.9 Å². The van der Waals surface area contributed by atoms with E-state index < -0.39 is 108 Å². The summed E-state index contributed by atoms with van der Waals surface area (Å²) in [6.45, 7) is 20.9. The van der Waals surface area contributed by atoms with Crippen LogP contribution in [0, 0.1) is 35.5 Å². The predicted octanol–water partition coefficient (Wildman–Crippen LogP) is 5.66. The van der Waals surface area contributed by atoms with Gasteiger partial charge in [-0.3, -0.25) is 28.8 Å². The number of hydrogen-bond donors (Lipinski definition) is 3. The Labute approximate surface area is 344 Å². The molecule has 6 atom stereocenters. The van der Waals surface area contributed by atoms with Gasteiger partial charge in [0.05, 0.1) is 56.8 Å². The van der Waals surface area contributed by atoms with Crippen LogP contribution < -0.4 is 16.0 Å². The fourth-order valence-electron chi connectivity index (χ4n) is 6.49. The number of carbonyl (C=O) groups is 7. The highest BCUT2D eigenvalue weighted by Gasteiger charge is 2.42. The van der Waals surface area contributed by atoms with Crippen LogP contribution in [0.3, 0.4) is 0 Å². The number of alkyl carbamates (subject to hydrolysis) is 1. The van der Waals surface area contributed by atoms with E-state index in [0.717, 1.165) is 5.56 Å². The molecule has 0 fully saturated rings. The lowest BCUT2D eigenvalue weighted by Crippen LogP contribution is -2.57. The van der Waals surface area contributed by atoms with Crippen LogP contribution in [0.5, 0.6) is 0 Å². The van der Waals surface area contributed by atoms with E-state index in [4.69, 9.17) is 23.7 Å². The Balaban J connectivity index is 3.73. The third-order valence-electron chi connectivity index (χ3n) is 9.11. The van der Waals surface area contributed by atoms with Gasteiger partial charge in [-0.15, -0.1) is 0 Å². The van der Waals surface area contributed by atoms with Gasteiger partial charge >= 0.3 is 30.0 Å². The molecule has 0 aliphatic rings. The highest BCUT2D eigenvalue weighted by Crippen LogP contribution is 2.26. The lowest BCUT2D eigenvalue weighted by atomic mass is 9.83. The van der Waals surface area contributed by atoms with Gasteiger partial charge in [0.15, 0.2) is 0 Å². The van der Waals surface area contributed by atoms with E-state index in [9.17, 15) is 33.6 Å². The van der Waals surface area contributed by atoms with Gasteiger partial charge in [-0.1, -0.05) is 71.9 Å². The van der Waals surface area contributed by atoms with Gasteiger partial charge in [0, 0.05) is 18.1 Å². The molecule has 15 nitrogen and oxygen atoms in total. The van der Waals surface area contributed by atoms with Crippen molar-refractivity contribution in [3.8, 4) is 0 Å². The van der Waals surface area contributed by atoms with Crippen LogP contribution in [-0.4, -0.2) is 85.3 Å². The molecule has 1 aromatic carbocycles. The quantitative estimate of drug-likeness (QED) is 0.0855. The highest BCUT2D eigenvalue weighted by molar-refractivity contribution is 5.89. The maximum atomic E-state index is 14.6. The molecule has 0 saturated heterocycles. The number of amides is 3. The average Bonchev–Trinajstić information content (AvgIpc) is 3.11. The average molecular weight is 820 g/mol. The molecule has 1 rings (SSSR count). The third-order valence-corrected chi connectivity index (χ3v) is 9.11. The first-order valence-corrected chi connectivity index (χ1v) is 20.4. The lowest BCUT2D eigenvalue weighted by Gasteiger charge is -2.35. The van der Waals surface area contributed by atoms with Gasteiger partial charge in [0.1, 0.15) is 12.2 Å². The Kier molecular flexibility index (Phi) is 22.7. The summed E-state index contributed by atoms with van der Waals surface area (Å²) < 4.78 is 26.8. The summed E-state index contributed by atoms with van der Waals surface area (Å²) in [6.07, 6.45) is -1.83. The second-order valence-electron chi connectivity index (χ2n) is 16.4. The van der Waals surface area contributed by atoms with Crippen molar-refractivity contribution in [2.75, 3.05) is 19.8 Å². The number of nitrogens with one attached hydrogen (secondary N) is 3. The van der Waals surface area contributed by atoms with Crippen molar-refractivity contribution in [2.24, 2.45) is 35.5 Å². The highest BCUT2D eigenvalue weighted by atomic mass is 16.6. The molecule has 1 aromatic rings. The molecule has 58 heavy (non-hydrogen) atoms. The normalized spacial score (nSPS) is 14.6. The first-order valence-electron chi connectivity index (χ1n) is 20.4. The van der Waals surface area contributed by atoms with Crippen molar-refractivity contribution >= 4 is 41.8 Å². The smallest absolute Gasteiger partial charge is 0.407 e. The standard InChI is InChI=1S/C43H69N3O12/c1-13-54-34(47)22-30(39(50)45-38(28(8)9)32(24-36(49)56-15-3)41(52)57-25-29-19-17-16-18-20-29)33(21-26(4)5)44-40(51)31(23-35(48)55-14-2)37(27(6)7)46-42(53)58-43(10,11)12/h16-20,26-28,30-33,37-38H,13-15,21-25H2,1-12H3,(H,44,51)(H,45,50)(H,46,53)/t30-,31-,32-,33-,37-,38-/m0/s1. The van der Waals surface area contributed by atoms with Gasteiger partial charge in [0.25, 0.3) is 0 Å². The lowest BCUT2D eigenvalue weighted by molar-refractivity contribution is -0.158. The molecule has 0 bridgehead atoms. The first-order chi connectivity index (χ1) is 27.1. The molecule has 0 aliphatic carbocycles. The summed E-state index contributed by atoms with van der Waals surface area (Å²) in [7, 11) is 0. The molecule has 328 valence electrons. The monoisotopic (exact) mass is 819 g/mol. The second-order valence-corrected chi connectivity index (χ2v) is 16.4. The van der Waals surface area contributed by atoms with Crippen molar-refractivity contribution < 1.29 is 57.2 Å². The van der Waals surface area contributed by atoms with Gasteiger partial charge in [-0.05, 0) is 71.3 Å². The first kappa shape index (κ1) is 51.3. The van der Waals surface area contributed by atoms with Crippen LogP contribution in [0.2, 0.25) is 0 Å². The summed E-state index contributed by atoms with van der Waals surface area (Å²) in [5, 5.41) is 8.64. The minimum atomic E-state index is -1.24. The summed E-state index contributed by atoms with van der Waals surface area (Å²) in [6, 6.07) is 6.10. The molecular formula is C43H69N3O12. The number of benzene rings is 1. The molecule has 3 amide bonds. The van der Waals surface area contributed by atoms with Gasteiger partial charge < -0.3 is 39.6 Å². The SMILES string of the molecule is CCOC(=O)C[C@H](C(=O)N[C@@H](C(C)C)[C@H](CC(=O)OCC)C(=O)OCc1ccccc1)[C@H](CC(C)C)NC(=O)[C@@H](CC(=O)OCC)[C@@H](NC(=O)OC(C)(C)C)C(C)C. The van der Waals surface area contributed by atoms with E-state index in [1.54, 1.807) is 93.5 Å². The topological polar surface area (TPSA) is 202 Å². The van der Waals surface area contributed by atoms with E-state index in [-0.39, 0.29) is 44.7 Å².